The molecule has 1 saturated carbocycles. The summed E-state index contributed by atoms with van der Waals surface area (Å²) >= 11 is 1.84. The van der Waals surface area contributed by atoms with E-state index in [9.17, 15) is 9.59 Å². The molecule has 0 spiro atoms. The molecule has 1 aliphatic rings. The van der Waals surface area contributed by atoms with Gasteiger partial charge in [0.05, 0.1) is 5.56 Å². The van der Waals surface area contributed by atoms with Gasteiger partial charge >= 0.3 is 5.97 Å². The third-order valence-corrected chi connectivity index (χ3v) is 5.74. The monoisotopic (exact) mass is 349 g/mol. The minimum Gasteiger partial charge on any atom is -0.481 e. The highest BCUT2D eigenvalue weighted by molar-refractivity contribution is 8.00. The second-order valence-corrected chi connectivity index (χ2v) is 7.83. The lowest BCUT2D eigenvalue weighted by Crippen LogP contribution is -2.25. The van der Waals surface area contributed by atoms with Crippen molar-refractivity contribution in [3.63, 3.8) is 0 Å². The Kier molecular flexibility index (Phi) is 7.63. The van der Waals surface area contributed by atoms with Gasteiger partial charge in [0, 0.05) is 23.1 Å². The number of hydrogen-bond donors (Lipinski definition) is 2. The van der Waals surface area contributed by atoms with E-state index in [0.29, 0.717) is 18.2 Å². The van der Waals surface area contributed by atoms with Crippen LogP contribution >= 0.6 is 11.8 Å². The largest absolute Gasteiger partial charge is 0.481 e. The van der Waals surface area contributed by atoms with E-state index >= 15 is 0 Å². The molecule has 24 heavy (non-hydrogen) atoms. The van der Waals surface area contributed by atoms with Crippen LogP contribution in [0.4, 0.5) is 0 Å². The molecule has 0 bridgehead atoms. The van der Waals surface area contributed by atoms with Crippen LogP contribution in [0.15, 0.2) is 23.1 Å². The van der Waals surface area contributed by atoms with Gasteiger partial charge in [-0.2, -0.15) is 0 Å². The van der Waals surface area contributed by atoms with Crippen LogP contribution in [0, 0.1) is 6.92 Å². The number of carbonyl (C=O) groups is 2. The normalized spacial score (nSPS) is 14.7. The number of carbonyl (C=O) groups excluding carboxylic acids is 1. The maximum Gasteiger partial charge on any atom is 0.303 e. The van der Waals surface area contributed by atoms with Crippen molar-refractivity contribution >= 4 is 23.6 Å². The fourth-order valence-corrected chi connectivity index (χ4v) is 4.34. The number of unbranched alkanes of at least 4 members (excludes halogenated alkanes) is 2. The van der Waals surface area contributed by atoms with Gasteiger partial charge in [-0.25, -0.2) is 0 Å². The van der Waals surface area contributed by atoms with E-state index in [1.165, 1.54) is 25.7 Å². The number of amides is 1. The van der Waals surface area contributed by atoms with E-state index < -0.39 is 5.97 Å². The van der Waals surface area contributed by atoms with Crippen molar-refractivity contribution in [3.8, 4) is 0 Å². The van der Waals surface area contributed by atoms with Crippen LogP contribution in [-0.2, 0) is 4.79 Å². The second kappa shape index (κ2) is 9.72. The van der Waals surface area contributed by atoms with Gasteiger partial charge in [-0.05, 0) is 44.7 Å². The molecule has 0 unspecified atom stereocenters. The molecule has 4 nitrogen and oxygen atoms in total. The van der Waals surface area contributed by atoms with Crippen molar-refractivity contribution < 1.29 is 14.7 Å². The van der Waals surface area contributed by atoms with E-state index in [0.717, 1.165) is 28.9 Å². The van der Waals surface area contributed by atoms with Gasteiger partial charge in [0.15, 0.2) is 0 Å². The summed E-state index contributed by atoms with van der Waals surface area (Å²) in [6.45, 7) is 2.60. The molecular weight excluding hydrogens is 322 g/mol. The SMILES string of the molecule is Cc1ccc(SC2CCCC2)c(C(=O)NCCCCCC(=O)O)c1. The molecule has 0 atom stereocenters. The van der Waals surface area contributed by atoms with Crippen molar-refractivity contribution in [1.82, 2.24) is 5.32 Å². The lowest BCUT2D eigenvalue weighted by molar-refractivity contribution is -0.137. The summed E-state index contributed by atoms with van der Waals surface area (Å²) in [4.78, 5) is 24.1. The quantitative estimate of drug-likeness (QED) is 0.648. The summed E-state index contributed by atoms with van der Waals surface area (Å²) in [6, 6.07) is 6.11. The zero-order valence-corrected chi connectivity index (χ0v) is 15.2. The first-order valence-corrected chi connectivity index (χ1v) is 9.71. The van der Waals surface area contributed by atoms with Crippen LogP contribution in [0.1, 0.15) is 67.3 Å². The number of benzene rings is 1. The average molecular weight is 349 g/mol. The minimum absolute atomic E-state index is 0.0163. The molecule has 1 aromatic carbocycles. The average Bonchev–Trinajstić information content (AvgIpc) is 3.05. The van der Waals surface area contributed by atoms with Crippen molar-refractivity contribution in [2.45, 2.75) is 68.4 Å². The topological polar surface area (TPSA) is 66.4 Å². The highest BCUT2D eigenvalue weighted by atomic mass is 32.2. The Labute approximate surface area is 148 Å². The summed E-state index contributed by atoms with van der Waals surface area (Å²) in [5.41, 5.74) is 1.87. The Morgan fingerprint density at radius 1 is 1.21 bits per heavy atom. The Morgan fingerprint density at radius 2 is 1.96 bits per heavy atom. The summed E-state index contributed by atoms with van der Waals surface area (Å²) in [5, 5.41) is 12.2. The van der Waals surface area contributed by atoms with Crippen LogP contribution in [-0.4, -0.2) is 28.8 Å². The number of carboxylic acid groups (broad SMARTS) is 1. The molecule has 1 amide bonds. The number of aliphatic carboxylic acids is 1. The van der Waals surface area contributed by atoms with Crippen molar-refractivity contribution in [2.75, 3.05) is 6.54 Å². The molecule has 1 aromatic rings. The van der Waals surface area contributed by atoms with Crippen LogP contribution in [0.25, 0.3) is 0 Å². The third-order valence-electron chi connectivity index (χ3n) is 4.33. The molecule has 0 heterocycles. The van der Waals surface area contributed by atoms with E-state index in [1.807, 2.05) is 24.8 Å². The number of thioether (sulfide) groups is 1. The fraction of sp³-hybridized carbons (Fsp3) is 0.579. The predicted molar refractivity (Wildman–Crippen MR) is 97.7 cm³/mol. The van der Waals surface area contributed by atoms with E-state index in [2.05, 4.69) is 17.4 Å². The van der Waals surface area contributed by atoms with Crippen molar-refractivity contribution in [2.24, 2.45) is 0 Å². The Morgan fingerprint density at radius 3 is 2.67 bits per heavy atom. The van der Waals surface area contributed by atoms with Crippen LogP contribution in [0.5, 0.6) is 0 Å². The lowest BCUT2D eigenvalue weighted by atomic mass is 10.1. The molecule has 5 heteroatoms. The number of nitrogens with one attached hydrogen (secondary N) is 1. The Hall–Kier alpha value is -1.49. The lowest BCUT2D eigenvalue weighted by Gasteiger charge is -2.14. The summed E-state index contributed by atoms with van der Waals surface area (Å²) in [5.74, 6) is -0.773. The third kappa shape index (κ3) is 6.19. The Bertz CT molecular complexity index is 568. The van der Waals surface area contributed by atoms with Crippen LogP contribution in [0.3, 0.4) is 0 Å². The molecule has 1 aliphatic carbocycles. The van der Waals surface area contributed by atoms with E-state index in [1.54, 1.807) is 0 Å². The summed E-state index contributed by atoms with van der Waals surface area (Å²) in [7, 11) is 0. The number of rotatable bonds is 9. The van der Waals surface area contributed by atoms with Gasteiger partial charge in [-0.15, -0.1) is 11.8 Å². The first-order chi connectivity index (χ1) is 11.6. The zero-order chi connectivity index (χ0) is 17.4. The molecule has 0 radical (unpaired) electrons. The van der Waals surface area contributed by atoms with Gasteiger partial charge in [0.1, 0.15) is 0 Å². The first kappa shape index (κ1) is 18.8. The molecule has 0 aliphatic heterocycles. The van der Waals surface area contributed by atoms with Crippen molar-refractivity contribution in [3.05, 3.63) is 29.3 Å². The van der Waals surface area contributed by atoms with E-state index in [4.69, 9.17) is 5.11 Å². The molecule has 0 saturated heterocycles. The van der Waals surface area contributed by atoms with Gasteiger partial charge in [0.2, 0.25) is 0 Å². The maximum atomic E-state index is 12.5. The van der Waals surface area contributed by atoms with Gasteiger partial charge in [-0.1, -0.05) is 30.9 Å². The second-order valence-electron chi connectivity index (χ2n) is 6.48. The fourth-order valence-electron chi connectivity index (χ4n) is 2.98. The van der Waals surface area contributed by atoms with Gasteiger partial charge in [0.25, 0.3) is 5.91 Å². The number of hydrogen-bond acceptors (Lipinski definition) is 3. The number of aryl methyl sites for hydroxylation is 1. The molecular formula is C19H27NO3S. The highest BCUT2D eigenvalue weighted by Gasteiger charge is 2.19. The smallest absolute Gasteiger partial charge is 0.303 e. The van der Waals surface area contributed by atoms with E-state index in [-0.39, 0.29) is 12.3 Å². The molecule has 0 aromatic heterocycles. The summed E-state index contributed by atoms with van der Waals surface area (Å²) in [6.07, 6.45) is 7.57. The number of carboxylic acids is 1. The molecule has 132 valence electrons. The van der Waals surface area contributed by atoms with Crippen LogP contribution in [0.2, 0.25) is 0 Å². The first-order valence-electron chi connectivity index (χ1n) is 8.83. The highest BCUT2D eigenvalue weighted by Crippen LogP contribution is 2.36. The molecule has 2 rings (SSSR count). The minimum atomic E-state index is -0.757. The van der Waals surface area contributed by atoms with Crippen LogP contribution < -0.4 is 5.32 Å². The standard InChI is InChI=1S/C19H27NO3S/c1-14-10-11-17(24-15-7-4-5-8-15)16(13-14)19(23)20-12-6-2-3-9-18(21)22/h10-11,13,15H,2-9,12H2,1H3,(H,20,23)(H,21,22). The predicted octanol–water partition coefficient (Wildman–Crippen LogP) is 4.40. The summed E-state index contributed by atoms with van der Waals surface area (Å²) < 4.78 is 0. The zero-order valence-electron chi connectivity index (χ0n) is 14.3. The molecule has 1 fully saturated rings. The van der Waals surface area contributed by atoms with Gasteiger partial charge in [-0.3, -0.25) is 9.59 Å². The molecule has 2 N–H and O–H groups in total. The maximum absolute atomic E-state index is 12.5. The van der Waals surface area contributed by atoms with Gasteiger partial charge < -0.3 is 10.4 Å². The Balaban J connectivity index is 1.85. The van der Waals surface area contributed by atoms with Crippen molar-refractivity contribution in [1.29, 1.82) is 0 Å².